The van der Waals surface area contributed by atoms with Crippen molar-refractivity contribution in [3.8, 4) is 11.4 Å². The minimum atomic E-state index is -1.46. The van der Waals surface area contributed by atoms with Crippen LogP contribution in [0.2, 0.25) is 0 Å². The summed E-state index contributed by atoms with van der Waals surface area (Å²) >= 11 is 0. The molecule has 0 unspecified atom stereocenters. The molecule has 0 saturated carbocycles. The summed E-state index contributed by atoms with van der Waals surface area (Å²) in [6, 6.07) is 1.99. The summed E-state index contributed by atoms with van der Waals surface area (Å²) in [5, 5.41) is 0. The Kier molecular flexibility index (Phi) is 2.92. The summed E-state index contributed by atoms with van der Waals surface area (Å²) in [5.74, 6) is -3.47. The minimum Gasteiger partial charge on any atom is -0.328 e. The average molecular weight is 240 g/mol. The molecule has 0 N–H and O–H groups in total. The Morgan fingerprint density at radius 3 is 2.24 bits per heavy atom. The lowest BCUT2D eigenvalue weighted by molar-refractivity contribution is 0.447. The molecule has 2 aromatic rings. The third-order valence-electron chi connectivity index (χ3n) is 2.47. The highest BCUT2D eigenvalue weighted by atomic mass is 19.2. The zero-order chi connectivity index (χ0) is 12.6. The summed E-state index contributed by atoms with van der Waals surface area (Å²) < 4.78 is 40.8. The molecule has 0 amide bonds. The number of hydrogen-bond acceptors (Lipinski definition) is 1. The summed E-state index contributed by atoms with van der Waals surface area (Å²) in [7, 11) is 0. The van der Waals surface area contributed by atoms with Gasteiger partial charge in [-0.2, -0.15) is 0 Å². The van der Waals surface area contributed by atoms with E-state index >= 15 is 0 Å². The fourth-order valence-corrected chi connectivity index (χ4v) is 1.64. The Morgan fingerprint density at radius 2 is 1.71 bits per heavy atom. The van der Waals surface area contributed by atoms with Gasteiger partial charge in [0.2, 0.25) is 0 Å². The minimum absolute atomic E-state index is 0.101. The number of rotatable bonds is 2. The number of imidazole rings is 1. The van der Waals surface area contributed by atoms with Crippen molar-refractivity contribution in [3.63, 3.8) is 0 Å². The van der Waals surface area contributed by atoms with Gasteiger partial charge < -0.3 is 4.57 Å². The monoisotopic (exact) mass is 240 g/mol. The van der Waals surface area contributed by atoms with Gasteiger partial charge in [0.05, 0.1) is 0 Å². The Balaban J connectivity index is 2.57. The second kappa shape index (κ2) is 4.24. The number of hydrogen-bond donors (Lipinski definition) is 0. The van der Waals surface area contributed by atoms with Crippen LogP contribution < -0.4 is 0 Å². The number of halogens is 3. The van der Waals surface area contributed by atoms with Crippen LogP contribution in [0.3, 0.4) is 0 Å². The lowest BCUT2D eigenvalue weighted by Crippen LogP contribution is -2.03. The molecule has 0 aliphatic heterocycles. The van der Waals surface area contributed by atoms with Crippen molar-refractivity contribution in [2.24, 2.45) is 0 Å². The summed E-state index contributed by atoms with van der Waals surface area (Å²) in [6.07, 6.45) is 3.24. The van der Waals surface area contributed by atoms with E-state index in [1.807, 2.05) is 13.8 Å². The fourth-order valence-electron chi connectivity index (χ4n) is 1.64. The predicted octanol–water partition coefficient (Wildman–Crippen LogP) is 3.55. The number of nitrogens with zero attached hydrogens (tertiary/aromatic N) is 2. The van der Waals surface area contributed by atoms with E-state index in [2.05, 4.69) is 4.98 Å². The molecule has 0 fully saturated rings. The SMILES string of the molecule is CC(C)n1ccnc1-c1cc(F)c(F)c(F)c1. The molecule has 1 heterocycles. The van der Waals surface area contributed by atoms with Crippen LogP contribution in [0.25, 0.3) is 11.4 Å². The zero-order valence-corrected chi connectivity index (χ0v) is 9.42. The standard InChI is InChI=1S/C12H11F3N2/c1-7(2)17-4-3-16-12(17)8-5-9(13)11(15)10(14)6-8/h3-7H,1-2H3. The van der Waals surface area contributed by atoms with Crippen molar-refractivity contribution >= 4 is 0 Å². The van der Waals surface area contributed by atoms with Gasteiger partial charge in [-0.3, -0.25) is 0 Å². The van der Waals surface area contributed by atoms with Gasteiger partial charge in [0, 0.05) is 24.0 Å². The molecular formula is C12H11F3N2. The zero-order valence-electron chi connectivity index (χ0n) is 9.42. The Labute approximate surface area is 96.7 Å². The highest BCUT2D eigenvalue weighted by Crippen LogP contribution is 2.24. The molecule has 0 spiro atoms. The van der Waals surface area contributed by atoms with Crippen LogP contribution in [0, 0.1) is 17.5 Å². The molecule has 0 aliphatic rings. The van der Waals surface area contributed by atoms with E-state index in [0.717, 1.165) is 12.1 Å². The molecular weight excluding hydrogens is 229 g/mol. The molecule has 2 nitrogen and oxygen atoms in total. The van der Waals surface area contributed by atoms with Crippen LogP contribution >= 0.6 is 0 Å². The van der Waals surface area contributed by atoms with Gasteiger partial charge in [0.15, 0.2) is 17.5 Å². The van der Waals surface area contributed by atoms with Crippen molar-refractivity contribution in [2.45, 2.75) is 19.9 Å². The molecule has 1 aromatic heterocycles. The maximum absolute atomic E-state index is 13.1. The topological polar surface area (TPSA) is 17.8 Å². The number of benzene rings is 1. The van der Waals surface area contributed by atoms with Gasteiger partial charge in [-0.15, -0.1) is 0 Å². The molecule has 0 radical (unpaired) electrons. The highest BCUT2D eigenvalue weighted by molar-refractivity contribution is 5.56. The second-order valence-corrected chi connectivity index (χ2v) is 4.01. The van der Waals surface area contributed by atoms with Crippen molar-refractivity contribution in [3.05, 3.63) is 42.0 Å². The third kappa shape index (κ3) is 2.05. The first kappa shape index (κ1) is 11.7. The van der Waals surface area contributed by atoms with Crippen LogP contribution in [0.5, 0.6) is 0 Å². The summed E-state index contributed by atoms with van der Waals surface area (Å²) in [6.45, 7) is 3.84. The maximum Gasteiger partial charge on any atom is 0.194 e. The van der Waals surface area contributed by atoms with E-state index in [1.165, 1.54) is 6.20 Å². The number of aromatic nitrogens is 2. The molecule has 0 saturated heterocycles. The van der Waals surface area contributed by atoms with E-state index in [9.17, 15) is 13.2 Å². The van der Waals surface area contributed by atoms with Gasteiger partial charge >= 0.3 is 0 Å². The third-order valence-corrected chi connectivity index (χ3v) is 2.47. The molecule has 0 atom stereocenters. The molecule has 2 rings (SSSR count). The maximum atomic E-state index is 13.1. The lowest BCUT2D eigenvalue weighted by Gasteiger charge is -2.11. The van der Waals surface area contributed by atoms with E-state index in [1.54, 1.807) is 10.8 Å². The van der Waals surface area contributed by atoms with E-state index < -0.39 is 17.5 Å². The largest absolute Gasteiger partial charge is 0.328 e. The molecule has 5 heteroatoms. The normalized spacial score (nSPS) is 11.2. The van der Waals surface area contributed by atoms with Crippen LogP contribution in [-0.4, -0.2) is 9.55 Å². The van der Waals surface area contributed by atoms with Crippen LogP contribution in [0.4, 0.5) is 13.2 Å². The quantitative estimate of drug-likeness (QED) is 0.734. The molecule has 1 aromatic carbocycles. The van der Waals surface area contributed by atoms with Gasteiger partial charge in [-0.25, -0.2) is 18.2 Å². The average Bonchev–Trinajstić information content (AvgIpc) is 2.74. The predicted molar refractivity (Wildman–Crippen MR) is 57.9 cm³/mol. The van der Waals surface area contributed by atoms with Crippen molar-refractivity contribution < 1.29 is 13.2 Å². The second-order valence-electron chi connectivity index (χ2n) is 4.01. The smallest absolute Gasteiger partial charge is 0.194 e. The first-order valence-electron chi connectivity index (χ1n) is 5.18. The van der Waals surface area contributed by atoms with E-state index in [4.69, 9.17) is 0 Å². The first-order valence-corrected chi connectivity index (χ1v) is 5.18. The van der Waals surface area contributed by atoms with Gasteiger partial charge in [-0.05, 0) is 26.0 Å². The Morgan fingerprint density at radius 1 is 1.12 bits per heavy atom. The molecule has 17 heavy (non-hydrogen) atoms. The van der Waals surface area contributed by atoms with E-state index in [0.29, 0.717) is 5.82 Å². The lowest BCUT2D eigenvalue weighted by atomic mass is 10.2. The molecule has 0 bridgehead atoms. The first-order chi connectivity index (χ1) is 8.00. The van der Waals surface area contributed by atoms with Crippen LogP contribution in [0.1, 0.15) is 19.9 Å². The van der Waals surface area contributed by atoms with Crippen LogP contribution in [-0.2, 0) is 0 Å². The highest BCUT2D eigenvalue weighted by Gasteiger charge is 2.15. The van der Waals surface area contributed by atoms with Crippen molar-refractivity contribution in [1.29, 1.82) is 0 Å². The van der Waals surface area contributed by atoms with Gasteiger partial charge in [0.25, 0.3) is 0 Å². The van der Waals surface area contributed by atoms with Crippen LogP contribution in [0.15, 0.2) is 24.5 Å². The molecule has 90 valence electrons. The van der Waals surface area contributed by atoms with Gasteiger partial charge in [-0.1, -0.05) is 0 Å². The fraction of sp³-hybridized carbons (Fsp3) is 0.250. The van der Waals surface area contributed by atoms with Crippen molar-refractivity contribution in [1.82, 2.24) is 9.55 Å². The van der Waals surface area contributed by atoms with Gasteiger partial charge in [0.1, 0.15) is 5.82 Å². The van der Waals surface area contributed by atoms with E-state index in [-0.39, 0.29) is 11.6 Å². The molecule has 0 aliphatic carbocycles. The Bertz CT molecular complexity index is 523. The van der Waals surface area contributed by atoms with Crippen molar-refractivity contribution in [2.75, 3.05) is 0 Å². The summed E-state index contributed by atoms with van der Waals surface area (Å²) in [4.78, 5) is 4.03. The summed E-state index contributed by atoms with van der Waals surface area (Å²) in [5.41, 5.74) is 0.222. The Hall–Kier alpha value is -1.78.